The van der Waals surface area contributed by atoms with Crippen LogP contribution in [0.3, 0.4) is 0 Å². The van der Waals surface area contributed by atoms with Crippen LogP contribution in [0.2, 0.25) is 0 Å². The summed E-state index contributed by atoms with van der Waals surface area (Å²) >= 11 is 4.23. The van der Waals surface area contributed by atoms with Gasteiger partial charge < -0.3 is 0 Å². The van der Waals surface area contributed by atoms with Crippen molar-refractivity contribution in [2.45, 2.75) is 104 Å². The van der Waals surface area contributed by atoms with E-state index in [2.05, 4.69) is 60.8 Å². The average molecular weight is 518 g/mol. The van der Waals surface area contributed by atoms with E-state index in [1.807, 2.05) is 0 Å². The van der Waals surface area contributed by atoms with Crippen LogP contribution >= 0.6 is 22.7 Å². The highest BCUT2D eigenvalue weighted by Gasteiger charge is 2.20. The Hall–Kier alpha value is 0.130. The van der Waals surface area contributed by atoms with Crippen LogP contribution in [0.1, 0.15) is 101 Å². The minimum atomic E-state index is 0.0512. The molecule has 0 N–H and O–H groups in total. The molecule has 2 aromatic rings. The second-order valence-electron chi connectivity index (χ2n) is 7.54. The summed E-state index contributed by atoms with van der Waals surface area (Å²) < 4.78 is 3.31. The van der Waals surface area contributed by atoms with Crippen LogP contribution in [-0.2, 0) is 12.8 Å². The molecule has 0 saturated heterocycles. The van der Waals surface area contributed by atoms with Gasteiger partial charge in [-0.2, -0.15) is 0 Å². The lowest BCUT2D eigenvalue weighted by Crippen LogP contribution is -3.61. The fourth-order valence-electron chi connectivity index (χ4n) is 3.32. The molecular weight excluding hydrogens is 479 g/mol. The first-order valence-corrected chi connectivity index (χ1v) is 14.9. The molecule has 0 atom stereocenters. The lowest BCUT2D eigenvalue weighted by Gasteiger charge is -1.98. The molecule has 3 heteroatoms. The molecule has 152 valence electrons. The number of hydrogen-bond acceptors (Lipinski definition) is 2. The third-order valence-corrected chi connectivity index (χ3v) is 11.0. The summed E-state index contributed by atoms with van der Waals surface area (Å²) in [6, 6.07) is 9.63. The van der Waals surface area contributed by atoms with Gasteiger partial charge in [-0.15, -0.1) is 0 Å². The third kappa shape index (κ3) is 10.5. The molecule has 0 aliphatic carbocycles. The maximum Gasteiger partial charge on any atom is 0.381 e. The summed E-state index contributed by atoms with van der Waals surface area (Å²) in [4.78, 5) is 3.23. The van der Waals surface area contributed by atoms with E-state index in [9.17, 15) is 0 Å². The zero-order valence-corrected chi connectivity index (χ0v) is 21.2. The predicted molar refractivity (Wildman–Crippen MR) is 120 cm³/mol. The Morgan fingerprint density at radius 3 is 1.41 bits per heavy atom. The number of unbranched alkanes of at least 4 members (excludes halogenated alkanes) is 10. The van der Waals surface area contributed by atoms with Crippen LogP contribution in [0.25, 0.3) is 0 Å². The van der Waals surface area contributed by atoms with E-state index in [4.69, 9.17) is 0 Å². The first-order chi connectivity index (χ1) is 13.3. The topological polar surface area (TPSA) is 0 Å². The Balaban J connectivity index is 1.63. The van der Waals surface area contributed by atoms with Crippen molar-refractivity contribution in [3.63, 3.8) is 0 Å². The summed E-state index contributed by atoms with van der Waals surface area (Å²) in [5.41, 5.74) is 0. The molecular formula is C24H38IS2+. The fourth-order valence-corrected chi connectivity index (χ4v) is 9.98. The molecule has 0 nitrogen and oxygen atoms in total. The number of aryl methyl sites for hydroxylation is 2. The predicted octanol–water partition coefficient (Wildman–Crippen LogP) is 5.74. The molecule has 0 amide bonds. The summed E-state index contributed by atoms with van der Waals surface area (Å²) in [5.74, 6) is 0. The molecule has 0 unspecified atom stereocenters. The van der Waals surface area contributed by atoms with Crippen molar-refractivity contribution < 1.29 is 21.2 Å². The van der Waals surface area contributed by atoms with Gasteiger partial charge in [-0.3, -0.25) is 0 Å². The Bertz CT molecular complexity index is 547. The maximum atomic E-state index is 2.41. The fraction of sp³-hybridized carbons (Fsp3) is 0.667. The van der Waals surface area contributed by atoms with Gasteiger partial charge in [0.25, 0.3) is 0 Å². The Labute approximate surface area is 186 Å². The zero-order valence-electron chi connectivity index (χ0n) is 17.4. The molecule has 2 aromatic heterocycles. The van der Waals surface area contributed by atoms with E-state index in [0.717, 1.165) is 0 Å². The van der Waals surface area contributed by atoms with Gasteiger partial charge in [-0.1, -0.05) is 101 Å². The molecule has 2 rings (SSSR count). The lowest BCUT2D eigenvalue weighted by atomic mass is 10.1. The van der Waals surface area contributed by atoms with Gasteiger partial charge in [-0.25, -0.2) is 0 Å². The van der Waals surface area contributed by atoms with Crippen molar-refractivity contribution in [2.24, 2.45) is 0 Å². The van der Waals surface area contributed by atoms with E-state index < -0.39 is 0 Å². The van der Waals surface area contributed by atoms with E-state index >= 15 is 0 Å². The van der Waals surface area contributed by atoms with Crippen LogP contribution < -0.4 is 21.2 Å². The number of rotatable bonds is 16. The van der Waals surface area contributed by atoms with Gasteiger partial charge in [0.1, 0.15) is 0 Å². The van der Waals surface area contributed by atoms with E-state index in [1.165, 1.54) is 89.9 Å². The monoisotopic (exact) mass is 517 g/mol. The van der Waals surface area contributed by atoms with Gasteiger partial charge in [0.2, 0.25) is 5.77 Å². The Kier molecular flexibility index (Phi) is 13.0. The van der Waals surface area contributed by atoms with Crippen LogP contribution in [0.4, 0.5) is 0 Å². The van der Waals surface area contributed by atoms with Crippen molar-refractivity contribution in [2.75, 3.05) is 0 Å². The second kappa shape index (κ2) is 15.0. The van der Waals surface area contributed by atoms with Crippen molar-refractivity contribution in [1.82, 2.24) is 0 Å². The molecule has 0 radical (unpaired) electrons. The number of halogens is 1. The van der Waals surface area contributed by atoms with Crippen molar-refractivity contribution in [3.05, 3.63) is 39.8 Å². The second-order valence-corrected chi connectivity index (χ2v) is 14.2. The molecule has 0 aromatic carbocycles. The normalized spacial score (nSPS) is 11.3. The van der Waals surface area contributed by atoms with Crippen LogP contribution in [0.15, 0.2) is 24.3 Å². The minimum Gasteiger partial charge on any atom is -0.0927 e. The number of thiophene rings is 2. The van der Waals surface area contributed by atoms with Crippen molar-refractivity contribution in [3.8, 4) is 0 Å². The molecule has 0 fully saturated rings. The Morgan fingerprint density at radius 1 is 0.556 bits per heavy atom. The first kappa shape index (κ1) is 23.4. The minimum absolute atomic E-state index is 0.0512. The zero-order chi connectivity index (χ0) is 19.2. The summed E-state index contributed by atoms with van der Waals surface area (Å²) in [5, 5.41) is 0. The van der Waals surface area contributed by atoms with Crippen LogP contribution in [-0.4, -0.2) is 0 Å². The lowest BCUT2D eigenvalue weighted by molar-refractivity contribution is -0.585. The quantitative estimate of drug-likeness (QED) is 0.197. The summed E-state index contributed by atoms with van der Waals surface area (Å²) in [6.45, 7) is 4.59. The molecule has 0 aliphatic rings. The average Bonchev–Trinajstić information content (AvgIpc) is 3.31. The van der Waals surface area contributed by atoms with E-state index in [0.29, 0.717) is 0 Å². The molecule has 2 heterocycles. The third-order valence-electron chi connectivity index (χ3n) is 5.00. The SMILES string of the molecule is CCCCCCCCc1ccc([I+]c2ccc(CCCCCCCC)s2)s1. The van der Waals surface area contributed by atoms with Gasteiger partial charge in [-0.05, 0) is 37.8 Å². The largest absolute Gasteiger partial charge is 0.381 e. The van der Waals surface area contributed by atoms with Gasteiger partial charge in [0.15, 0.2) is 0 Å². The standard InChI is InChI=1S/C24H38IS2/c1-3-5-7-9-11-13-15-21-17-19-23(26-21)25-24-20-18-22(27-24)16-14-12-10-8-6-4-2/h17-20H,3-16H2,1-2H3/q+1. The van der Waals surface area contributed by atoms with Crippen molar-refractivity contribution in [1.29, 1.82) is 0 Å². The van der Waals surface area contributed by atoms with Gasteiger partial charge >= 0.3 is 21.2 Å². The molecule has 27 heavy (non-hydrogen) atoms. The summed E-state index contributed by atoms with van der Waals surface area (Å²) in [7, 11) is 0. The van der Waals surface area contributed by atoms with Gasteiger partial charge in [0.05, 0.1) is 0 Å². The highest BCUT2D eigenvalue weighted by atomic mass is 127. The molecule has 0 bridgehead atoms. The van der Waals surface area contributed by atoms with Crippen LogP contribution in [0, 0.1) is 5.77 Å². The van der Waals surface area contributed by atoms with E-state index in [1.54, 1.807) is 15.5 Å². The smallest absolute Gasteiger partial charge is 0.0927 e. The summed E-state index contributed by atoms with van der Waals surface area (Å²) in [6.07, 6.45) is 19.4. The molecule has 0 spiro atoms. The van der Waals surface area contributed by atoms with Crippen molar-refractivity contribution >= 4 is 22.7 Å². The Morgan fingerprint density at radius 2 is 0.963 bits per heavy atom. The maximum absolute atomic E-state index is 2.41. The number of hydrogen-bond donors (Lipinski definition) is 0. The first-order valence-electron chi connectivity index (χ1n) is 11.1. The highest BCUT2D eigenvalue weighted by molar-refractivity contribution is 7.10. The van der Waals surface area contributed by atoms with Gasteiger partial charge in [0, 0.05) is 21.9 Å². The molecule has 0 saturated carbocycles. The van der Waals surface area contributed by atoms with Crippen LogP contribution in [0.5, 0.6) is 0 Å². The highest BCUT2D eigenvalue weighted by Crippen LogP contribution is 2.16. The molecule has 0 aliphatic heterocycles. The van der Waals surface area contributed by atoms with E-state index in [-0.39, 0.29) is 21.2 Å².